The number of aryl methyl sites for hydroxylation is 2. The van der Waals surface area contributed by atoms with Crippen LogP contribution in [-0.4, -0.2) is 12.1 Å². The van der Waals surface area contributed by atoms with Crippen molar-refractivity contribution in [2.45, 2.75) is 20.4 Å². The second kappa shape index (κ2) is 5.54. The Balaban J connectivity index is 2.12. The molecule has 0 saturated heterocycles. The van der Waals surface area contributed by atoms with E-state index in [0.29, 0.717) is 0 Å². The fourth-order valence-electron chi connectivity index (χ4n) is 1.89. The number of nitrogens with zero attached hydrogens (tertiary/aromatic N) is 1. The van der Waals surface area contributed by atoms with Gasteiger partial charge in [0.2, 0.25) is 0 Å². The molecule has 0 unspecified atom stereocenters. The molecule has 1 heterocycles. The van der Waals surface area contributed by atoms with Crippen molar-refractivity contribution in [3.63, 3.8) is 0 Å². The summed E-state index contributed by atoms with van der Waals surface area (Å²) >= 11 is 0. The van der Waals surface area contributed by atoms with Crippen LogP contribution in [0.15, 0.2) is 36.7 Å². The molecule has 3 heteroatoms. The Bertz CT molecular complexity index is 538. The van der Waals surface area contributed by atoms with E-state index in [9.17, 15) is 0 Å². The number of hydrogen-bond acceptors (Lipinski definition) is 3. The highest BCUT2D eigenvalue weighted by Crippen LogP contribution is 2.21. The maximum atomic E-state index is 5.36. The van der Waals surface area contributed by atoms with E-state index in [2.05, 4.69) is 35.4 Å². The molecule has 0 aliphatic rings. The minimum atomic E-state index is 0.732. The van der Waals surface area contributed by atoms with Crippen LogP contribution in [0.1, 0.15) is 16.7 Å². The van der Waals surface area contributed by atoms with Crippen molar-refractivity contribution in [1.29, 1.82) is 0 Å². The van der Waals surface area contributed by atoms with Crippen LogP contribution >= 0.6 is 0 Å². The van der Waals surface area contributed by atoms with E-state index in [1.807, 2.05) is 25.4 Å². The van der Waals surface area contributed by atoms with Gasteiger partial charge in [-0.05, 0) is 31.5 Å². The smallest absolute Gasteiger partial charge is 0.123 e. The van der Waals surface area contributed by atoms with Crippen molar-refractivity contribution < 1.29 is 4.74 Å². The van der Waals surface area contributed by atoms with Crippen LogP contribution in [0.25, 0.3) is 0 Å². The van der Waals surface area contributed by atoms with Crippen LogP contribution in [0.3, 0.4) is 0 Å². The summed E-state index contributed by atoms with van der Waals surface area (Å²) in [6.07, 6.45) is 3.67. The molecule has 2 rings (SSSR count). The summed E-state index contributed by atoms with van der Waals surface area (Å²) in [6, 6.07) is 8.27. The van der Waals surface area contributed by atoms with Gasteiger partial charge in [0.1, 0.15) is 5.75 Å². The molecule has 0 saturated carbocycles. The molecule has 1 aromatic heterocycles. The summed E-state index contributed by atoms with van der Waals surface area (Å²) in [4.78, 5) is 4.16. The Morgan fingerprint density at radius 3 is 2.67 bits per heavy atom. The summed E-state index contributed by atoms with van der Waals surface area (Å²) in [5, 5.41) is 3.36. The van der Waals surface area contributed by atoms with E-state index >= 15 is 0 Å². The molecule has 3 nitrogen and oxygen atoms in total. The van der Waals surface area contributed by atoms with Gasteiger partial charge in [0.15, 0.2) is 0 Å². The van der Waals surface area contributed by atoms with Gasteiger partial charge in [-0.25, -0.2) is 0 Å². The fourth-order valence-corrected chi connectivity index (χ4v) is 1.89. The monoisotopic (exact) mass is 242 g/mol. The standard InChI is InChI=1S/C15H18N2O/c1-11-4-5-15(18-3)13(6-11)9-17-14-7-12(2)8-16-10-14/h4-8,10,17H,9H2,1-3H3. The molecule has 0 aliphatic heterocycles. The molecule has 1 aromatic carbocycles. The largest absolute Gasteiger partial charge is 0.496 e. The molecule has 0 amide bonds. The van der Waals surface area contributed by atoms with Gasteiger partial charge in [0.25, 0.3) is 0 Å². The molecular weight excluding hydrogens is 224 g/mol. The minimum Gasteiger partial charge on any atom is -0.496 e. The fraction of sp³-hybridized carbons (Fsp3) is 0.267. The second-order valence-corrected chi connectivity index (χ2v) is 4.42. The van der Waals surface area contributed by atoms with Crippen molar-refractivity contribution in [3.05, 3.63) is 53.3 Å². The number of hydrogen-bond donors (Lipinski definition) is 1. The van der Waals surface area contributed by atoms with Gasteiger partial charge in [-0.2, -0.15) is 0 Å². The number of rotatable bonds is 4. The maximum Gasteiger partial charge on any atom is 0.123 e. The first kappa shape index (κ1) is 12.4. The van der Waals surface area contributed by atoms with E-state index < -0.39 is 0 Å². The average molecular weight is 242 g/mol. The number of nitrogens with one attached hydrogen (secondary N) is 1. The molecule has 1 N–H and O–H groups in total. The van der Waals surface area contributed by atoms with Crippen LogP contribution in [-0.2, 0) is 6.54 Å². The van der Waals surface area contributed by atoms with E-state index in [1.165, 1.54) is 5.56 Å². The van der Waals surface area contributed by atoms with Gasteiger partial charge in [0, 0.05) is 24.5 Å². The van der Waals surface area contributed by atoms with E-state index in [4.69, 9.17) is 4.74 Å². The van der Waals surface area contributed by atoms with Crippen LogP contribution in [0.2, 0.25) is 0 Å². The quantitative estimate of drug-likeness (QED) is 0.893. The molecule has 0 atom stereocenters. The summed E-state index contributed by atoms with van der Waals surface area (Å²) in [5.41, 5.74) is 4.56. The van der Waals surface area contributed by atoms with Gasteiger partial charge in [-0.1, -0.05) is 17.7 Å². The van der Waals surface area contributed by atoms with Crippen LogP contribution in [0, 0.1) is 13.8 Å². The molecular formula is C15H18N2O. The Morgan fingerprint density at radius 2 is 1.94 bits per heavy atom. The Kier molecular flexibility index (Phi) is 3.82. The minimum absolute atomic E-state index is 0.732. The number of aromatic nitrogens is 1. The lowest BCUT2D eigenvalue weighted by molar-refractivity contribution is 0.410. The third-order valence-electron chi connectivity index (χ3n) is 2.79. The van der Waals surface area contributed by atoms with E-state index in [0.717, 1.165) is 29.1 Å². The number of benzene rings is 1. The Labute approximate surface area is 108 Å². The molecule has 2 aromatic rings. The molecule has 18 heavy (non-hydrogen) atoms. The van der Waals surface area contributed by atoms with Gasteiger partial charge in [-0.3, -0.25) is 4.98 Å². The molecule has 94 valence electrons. The zero-order valence-electron chi connectivity index (χ0n) is 11.0. The van der Waals surface area contributed by atoms with Crippen LogP contribution in [0.5, 0.6) is 5.75 Å². The lowest BCUT2D eigenvalue weighted by Crippen LogP contribution is -2.02. The lowest BCUT2D eigenvalue weighted by atomic mass is 10.1. The van der Waals surface area contributed by atoms with Crippen molar-refractivity contribution in [2.75, 3.05) is 12.4 Å². The second-order valence-electron chi connectivity index (χ2n) is 4.42. The number of anilines is 1. The highest BCUT2D eigenvalue weighted by atomic mass is 16.5. The number of methoxy groups -OCH3 is 1. The molecule has 0 fully saturated rings. The summed E-state index contributed by atoms with van der Waals surface area (Å²) < 4.78 is 5.36. The summed E-state index contributed by atoms with van der Waals surface area (Å²) in [6.45, 7) is 4.85. The van der Waals surface area contributed by atoms with Gasteiger partial charge in [0.05, 0.1) is 12.8 Å². The van der Waals surface area contributed by atoms with Gasteiger partial charge < -0.3 is 10.1 Å². The van der Waals surface area contributed by atoms with Crippen molar-refractivity contribution in [3.8, 4) is 5.75 Å². The molecule has 0 radical (unpaired) electrons. The maximum absolute atomic E-state index is 5.36. The normalized spacial score (nSPS) is 10.2. The third kappa shape index (κ3) is 3.00. The molecule has 0 aliphatic carbocycles. The average Bonchev–Trinajstić information content (AvgIpc) is 2.37. The van der Waals surface area contributed by atoms with Crippen LogP contribution < -0.4 is 10.1 Å². The molecule has 0 spiro atoms. The first-order valence-corrected chi connectivity index (χ1v) is 5.98. The summed E-state index contributed by atoms with van der Waals surface area (Å²) in [7, 11) is 1.70. The van der Waals surface area contributed by atoms with Crippen molar-refractivity contribution in [2.24, 2.45) is 0 Å². The highest BCUT2D eigenvalue weighted by molar-refractivity contribution is 5.45. The Morgan fingerprint density at radius 1 is 1.11 bits per heavy atom. The Hall–Kier alpha value is -2.03. The van der Waals surface area contributed by atoms with Crippen molar-refractivity contribution >= 4 is 5.69 Å². The predicted molar refractivity (Wildman–Crippen MR) is 74.0 cm³/mol. The lowest BCUT2D eigenvalue weighted by Gasteiger charge is -2.11. The van der Waals surface area contributed by atoms with Crippen LogP contribution in [0.4, 0.5) is 5.69 Å². The highest BCUT2D eigenvalue weighted by Gasteiger charge is 2.03. The zero-order chi connectivity index (χ0) is 13.0. The van der Waals surface area contributed by atoms with E-state index in [-0.39, 0.29) is 0 Å². The summed E-state index contributed by atoms with van der Waals surface area (Å²) in [5.74, 6) is 0.911. The third-order valence-corrected chi connectivity index (χ3v) is 2.79. The number of ether oxygens (including phenoxy) is 1. The topological polar surface area (TPSA) is 34.1 Å². The first-order chi connectivity index (χ1) is 8.69. The molecule has 0 bridgehead atoms. The van der Waals surface area contributed by atoms with E-state index in [1.54, 1.807) is 7.11 Å². The van der Waals surface area contributed by atoms with Gasteiger partial charge >= 0.3 is 0 Å². The van der Waals surface area contributed by atoms with Crippen molar-refractivity contribution in [1.82, 2.24) is 4.98 Å². The zero-order valence-corrected chi connectivity index (χ0v) is 11.0. The number of pyridine rings is 1. The van der Waals surface area contributed by atoms with Gasteiger partial charge in [-0.15, -0.1) is 0 Å². The SMILES string of the molecule is COc1ccc(C)cc1CNc1cncc(C)c1. The predicted octanol–water partition coefficient (Wildman–Crippen LogP) is 3.32. The first-order valence-electron chi connectivity index (χ1n) is 5.98.